The summed E-state index contributed by atoms with van der Waals surface area (Å²) in [5.74, 6) is 0.531. The fourth-order valence-corrected chi connectivity index (χ4v) is 5.85. The van der Waals surface area contributed by atoms with E-state index in [1.165, 1.54) is 4.90 Å². The molecule has 1 fully saturated rings. The smallest absolute Gasteiger partial charge is 0.407 e. The number of nitrogens with one attached hydrogen (secondary N) is 3. The normalized spacial score (nSPS) is 18.0. The van der Waals surface area contributed by atoms with Crippen LogP contribution in [0.1, 0.15) is 110 Å². The maximum atomic E-state index is 13.1. The molecule has 0 unspecified atom stereocenters. The first-order valence-corrected chi connectivity index (χ1v) is 15.8. The second-order valence-corrected chi connectivity index (χ2v) is 13.8. The van der Waals surface area contributed by atoms with Gasteiger partial charge in [-0.15, -0.1) is 0 Å². The van der Waals surface area contributed by atoms with Crippen molar-refractivity contribution in [3.05, 3.63) is 71.0 Å². The second-order valence-electron chi connectivity index (χ2n) is 13.8. The van der Waals surface area contributed by atoms with Crippen LogP contribution < -0.4 is 16.0 Å². The first-order valence-electron chi connectivity index (χ1n) is 15.8. The fourth-order valence-electron chi connectivity index (χ4n) is 5.85. The van der Waals surface area contributed by atoms with Crippen LogP contribution in [0.2, 0.25) is 0 Å². The molecular formula is C34H43N7O5. The summed E-state index contributed by atoms with van der Waals surface area (Å²) >= 11 is 0. The van der Waals surface area contributed by atoms with Crippen LogP contribution in [0.5, 0.6) is 0 Å². The summed E-state index contributed by atoms with van der Waals surface area (Å²) in [7, 11) is 0. The number of amides is 4. The second kappa shape index (κ2) is 12.9. The van der Waals surface area contributed by atoms with E-state index in [9.17, 15) is 19.2 Å². The summed E-state index contributed by atoms with van der Waals surface area (Å²) in [5, 5.41) is 13.8. The van der Waals surface area contributed by atoms with Crippen molar-refractivity contribution in [3.8, 4) is 0 Å². The lowest BCUT2D eigenvalue weighted by molar-refractivity contribution is 0.0524. The van der Waals surface area contributed by atoms with Gasteiger partial charge in [0.2, 0.25) is 0 Å². The van der Waals surface area contributed by atoms with Gasteiger partial charge >= 0.3 is 6.09 Å². The third kappa shape index (κ3) is 7.38. The van der Waals surface area contributed by atoms with Crippen LogP contribution >= 0.6 is 0 Å². The van der Waals surface area contributed by atoms with Crippen LogP contribution in [0, 0.1) is 0 Å². The molecule has 12 nitrogen and oxygen atoms in total. The van der Waals surface area contributed by atoms with Crippen molar-refractivity contribution in [2.24, 2.45) is 0 Å². The van der Waals surface area contributed by atoms with Gasteiger partial charge in [-0.1, -0.05) is 18.2 Å². The van der Waals surface area contributed by atoms with Gasteiger partial charge in [0.15, 0.2) is 0 Å². The molecule has 2 aliphatic rings. The molecule has 2 aromatic heterocycles. The number of hydrogen-bond donors (Lipinski definition) is 3. The summed E-state index contributed by atoms with van der Waals surface area (Å²) in [5.41, 5.74) is 1.15. The Kier molecular flexibility index (Phi) is 9.18. The highest BCUT2D eigenvalue weighted by Crippen LogP contribution is 2.40. The molecule has 0 spiro atoms. The molecule has 1 aliphatic carbocycles. The molecule has 3 aromatic rings. The molecule has 1 aromatic carbocycles. The van der Waals surface area contributed by atoms with Crippen molar-refractivity contribution in [1.29, 1.82) is 0 Å². The van der Waals surface area contributed by atoms with Crippen molar-refractivity contribution >= 4 is 35.5 Å². The SMILES string of the molecule is CC(C)(C)OC(=O)NCCCNC(=O)c1cccc(Nc2cc([C@H]3CC[C@@H](N4C(=O)c5ccccc5C4=O)C3)nn2C(C)(C)C)n1. The van der Waals surface area contributed by atoms with Gasteiger partial charge in [-0.05, 0) is 91.5 Å². The zero-order valence-corrected chi connectivity index (χ0v) is 27.3. The van der Waals surface area contributed by atoms with Crippen LogP contribution in [0.25, 0.3) is 0 Å². The van der Waals surface area contributed by atoms with Gasteiger partial charge in [0, 0.05) is 31.1 Å². The zero-order chi connectivity index (χ0) is 33.2. The van der Waals surface area contributed by atoms with E-state index < -0.39 is 11.7 Å². The van der Waals surface area contributed by atoms with E-state index in [-0.39, 0.29) is 40.9 Å². The average molecular weight is 630 g/mol. The van der Waals surface area contributed by atoms with Gasteiger partial charge in [0.1, 0.15) is 22.9 Å². The van der Waals surface area contributed by atoms with Crippen molar-refractivity contribution in [2.75, 3.05) is 18.4 Å². The Hall–Kier alpha value is -4.74. The topological polar surface area (TPSA) is 148 Å². The predicted molar refractivity (Wildman–Crippen MR) is 173 cm³/mol. The van der Waals surface area contributed by atoms with E-state index in [2.05, 4.69) is 41.7 Å². The Morgan fingerprint density at radius 3 is 2.24 bits per heavy atom. The number of nitrogens with zero attached hydrogens (tertiary/aromatic N) is 4. The largest absolute Gasteiger partial charge is 0.444 e. The van der Waals surface area contributed by atoms with Crippen LogP contribution in [-0.2, 0) is 10.3 Å². The Labute approximate surface area is 269 Å². The van der Waals surface area contributed by atoms with Crippen molar-refractivity contribution in [1.82, 2.24) is 30.3 Å². The molecule has 5 rings (SSSR count). The predicted octanol–water partition coefficient (Wildman–Crippen LogP) is 5.35. The van der Waals surface area contributed by atoms with Gasteiger partial charge in [-0.25, -0.2) is 14.5 Å². The Balaban J connectivity index is 1.21. The number of fused-ring (bicyclic) bond motifs is 1. The van der Waals surface area contributed by atoms with Gasteiger partial charge < -0.3 is 20.7 Å². The first kappa shape index (κ1) is 32.6. The first-order chi connectivity index (χ1) is 21.7. The van der Waals surface area contributed by atoms with Crippen LogP contribution in [0.3, 0.4) is 0 Å². The summed E-state index contributed by atoms with van der Waals surface area (Å²) in [6, 6.07) is 14.0. The molecule has 4 amide bonds. The standard InChI is InChI=1S/C34H43N7O5/c1-33(2,3)41-28(38-27-14-9-13-25(37-27)29(42)35-17-10-18-36-32(45)46-34(4,5)6)20-26(39-41)21-15-16-22(19-21)40-30(43)23-11-7-8-12-24(23)31(40)44/h7-9,11-14,20-22H,10,15-19H2,1-6H3,(H,35,42)(H,36,45)(H,37,38)/t21-,22+/m0/s1. The minimum absolute atomic E-state index is 0.0772. The molecule has 46 heavy (non-hydrogen) atoms. The van der Waals surface area contributed by atoms with E-state index >= 15 is 0 Å². The number of anilines is 2. The Morgan fingerprint density at radius 2 is 1.59 bits per heavy atom. The van der Waals surface area contributed by atoms with Crippen molar-refractivity contribution in [2.45, 2.75) is 90.3 Å². The van der Waals surface area contributed by atoms with Gasteiger partial charge in [0.05, 0.1) is 22.4 Å². The van der Waals surface area contributed by atoms with Crippen molar-refractivity contribution < 1.29 is 23.9 Å². The molecule has 3 N–H and O–H groups in total. The lowest BCUT2D eigenvalue weighted by atomic mass is 10.0. The Morgan fingerprint density at radius 1 is 0.913 bits per heavy atom. The number of ether oxygens (including phenoxy) is 1. The monoisotopic (exact) mass is 629 g/mol. The summed E-state index contributed by atoms with van der Waals surface area (Å²) in [6.45, 7) is 12.3. The van der Waals surface area contributed by atoms with Gasteiger partial charge in [-0.3, -0.25) is 19.3 Å². The van der Waals surface area contributed by atoms with Crippen LogP contribution in [-0.4, -0.2) is 68.2 Å². The van der Waals surface area contributed by atoms with Crippen molar-refractivity contribution in [3.63, 3.8) is 0 Å². The highest BCUT2D eigenvalue weighted by molar-refractivity contribution is 6.21. The third-order valence-electron chi connectivity index (χ3n) is 7.92. The Bertz CT molecular complexity index is 1600. The summed E-state index contributed by atoms with van der Waals surface area (Å²) < 4.78 is 7.12. The molecule has 3 heterocycles. The quantitative estimate of drug-likeness (QED) is 0.212. The number of pyridine rings is 1. The molecule has 0 saturated heterocycles. The van der Waals surface area contributed by atoms with E-state index in [0.29, 0.717) is 42.9 Å². The van der Waals surface area contributed by atoms with Crippen LogP contribution in [0.4, 0.5) is 16.4 Å². The number of rotatable bonds is 9. The molecule has 0 radical (unpaired) electrons. The van der Waals surface area contributed by atoms with E-state index in [1.54, 1.807) is 63.2 Å². The number of aromatic nitrogens is 3. The van der Waals surface area contributed by atoms with E-state index in [4.69, 9.17) is 9.84 Å². The minimum atomic E-state index is -0.570. The highest BCUT2D eigenvalue weighted by atomic mass is 16.6. The molecular weight excluding hydrogens is 586 g/mol. The molecule has 0 bridgehead atoms. The number of benzene rings is 1. The average Bonchev–Trinajstić information content (AvgIpc) is 3.69. The number of hydrogen-bond acceptors (Lipinski definition) is 8. The number of carbonyl (C=O) groups is 4. The van der Waals surface area contributed by atoms with E-state index in [1.807, 2.05) is 10.7 Å². The molecule has 2 atom stereocenters. The van der Waals surface area contributed by atoms with Gasteiger partial charge in [0.25, 0.3) is 17.7 Å². The lowest BCUT2D eigenvalue weighted by Crippen LogP contribution is -2.38. The van der Waals surface area contributed by atoms with Crippen LogP contribution in [0.15, 0.2) is 48.5 Å². The highest BCUT2D eigenvalue weighted by Gasteiger charge is 2.43. The maximum Gasteiger partial charge on any atom is 0.407 e. The summed E-state index contributed by atoms with van der Waals surface area (Å²) in [4.78, 5) is 56.7. The molecule has 1 saturated carbocycles. The maximum absolute atomic E-state index is 13.1. The molecule has 12 heteroatoms. The number of imide groups is 1. The summed E-state index contributed by atoms with van der Waals surface area (Å²) in [6.07, 6.45) is 2.21. The minimum Gasteiger partial charge on any atom is -0.444 e. The fraction of sp³-hybridized carbons (Fsp3) is 0.471. The van der Waals surface area contributed by atoms with Gasteiger partial charge in [-0.2, -0.15) is 5.10 Å². The van der Waals surface area contributed by atoms with E-state index in [0.717, 1.165) is 24.4 Å². The molecule has 1 aliphatic heterocycles. The third-order valence-corrected chi connectivity index (χ3v) is 7.92. The zero-order valence-electron chi connectivity index (χ0n) is 27.3. The number of alkyl carbamates (subject to hydrolysis) is 1. The number of carbonyl (C=O) groups excluding carboxylic acids is 4. The lowest BCUT2D eigenvalue weighted by Gasteiger charge is -2.23. The molecule has 244 valence electrons.